The van der Waals surface area contributed by atoms with Crippen LogP contribution in [-0.4, -0.2) is 23.5 Å². The average molecular weight is 291 g/mol. The molecule has 0 aromatic heterocycles. The van der Waals surface area contributed by atoms with Crippen LogP contribution in [0, 0.1) is 5.92 Å². The van der Waals surface area contributed by atoms with E-state index in [1.807, 2.05) is 32.2 Å². The molecule has 0 aliphatic rings. The molecule has 0 saturated heterocycles. The van der Waals surface area contributed by atoms with E-state index in [2.05, 4.69) is 4.90 Å². The van der Waals surface area contributed by atoms with E-state index in [1.54, 1.807) is 0 Å². The van der Waals surface area contributed by atoms with Gasteiger partial charge in [-0.25, -0.2) is 0 Å². The van der Waals surface area contributed by atoms with Crippen molar-refractivity contribution in [2.24, 2.45) is 11.7 Å². The first kappa shape index (κ1) is 14.7. The molecule has 1 atom stereocenters. The number of benzene rings is 1. The van der Waals surface area contributed by atoms with Gasteiger partial charge in [-0.2, -0.15) is 0 Å². The van der Waals surface area contributed by atoms with Gasteiger partial charge in [0.25, 0.3) is 0 Å². The van der Waals surface area contributed by atoms with Gasteiger partial charge in [0.15, 0.2) is 0 Å². The summed E-state index contributed by atoms with van der Waals surface area (Å²) >= 11 is 16.8. The van der Waals surface area contributed by atoms with Gasteiger partial charge in [-0.3, -0.25) is 0 Å². The number of thiocarbonyl (C=S) groups is 1. The molecular formula is C12H16Cl2N2S. The van der Waals surface area contributed by atoms with Crippen molar-refractivity contribution < 1.29 is 0 Å². The molecule has 1 aromatic carbocycles. The van der Waals surface area contributed by atoms with Crippen LogP contribution in [-0.2, 0) is 6.54 Å². The second kappa shape index (κ2) is 6.55. The highest BCUT2D eigenvalue weighted by Crippen LogP contribution is 2.23. The standard InChI is InChI=1S/C12H16Cl2N2S/c1-8(12(15)17)6-16(2)7-9-3-4-10(13)11(14)5-9/h3-5,8H,6-7H2,1-2H3,(H2,15,17). The van der Waals surface area contributed by atoms with Gasteiger partial charge in [0.05, 0.1) is 15.0 Å². The Morgan fingerprint density at radius 1 is 1.41 bits per heavy atom. The molecule has 5 heteroatoms. The maximum Gasteiger partial charge on any atom is 0.0768 e. The molecule has 17 heavy (non-hydrogen) atoms. The van der Waals surface area contributed by atoms with Gasteiger partial charge in [0.2, 0.25) is 0 Å². The molecule has 0 amide bonds. The van der Waals surface area contributed by atoms with Crippen LogP contribution in [0.1, 0.15) is 12.5 Å². The number of halogens is 2. The molecule has 1 rings (SSSR count). The lowest BCUT2D eigenvalue weighted by molar-refractivity contribution is 0.308. The molecule has 2 N–H and O–H groups in total. The van der Waals surface area contributed by atoms with Crippen molar-refractivity contribution in [2.75, 3.05) is 13.6 Å². The highest BCUT2D eigenvalue weighted by Gasteiger charge is 2.09. The molecule has 1 aromatic rings. The fraction of sp³-hybridized carbons (Fsp3) is 0.417. The summed E-state index contributed by atoms with van der Waals surface area (Å²) < 4.78 is 0. The number of hydrogen-bond donors (Lipinski definition) is 1. The van der Waals surface area contributed by atoms with E-state index in [9.17, 15) is 0 Å². The monoisotopic (exact) mass is 290 g/mol. The lowest BCUT2D eigenvalue weighted by atomic mass is 10.1. The molecule has 0 radical (unpaired) electrons. The molecule has 1 unspecified atom stereocenters. The fourth-order valence-electron chi connectivity index (χ4n) is 1.57. The van der Waals surface area contributed by atoms with Crippen molar-refractivity contribution in [1.82, 2.24) is 4.90 Å². The Morgan fingerprint density at radius 3 is 2.59 bits per heavy atom. The number of hydrogen-bond acceptors (Lipinski definition) is 2. The van der Waals surface area contributed by atoms with Gasteiger partial charge < -0.3 is 10.6 Å². The topological polar surface area (TPSA) is 29.3 Å². The Balaban J connectivity index is 2.58. The minimum absolute atomic E-state index is 0.206. The van der Waals surface area contributed by atoms with Gasteiger partial charge in [-0.1, -0.05) is 48.4 Å². The Kier molecular flexibility index (Phi) is 5.67. The predicted octanol–water partition coefficient (Wildman–Crippen LogP) is 3.35. The highest BCUT2D eigenvalue weighted by atomic mass is 35.5. The number of nitrogens with zero attached hydrogens (tertiary/aromatic N) is 1. The van der Waals surface area contributed by atoms with Crippen LogP contribution in [0.3, 0.4) is 0 Å². The van der Waals surface area contributed by atoms with Crippen LogP contribution in [0.2, 0.25) is 10.0 Å². The Morgan fingerprint density at radius 2 is 2.06 bits per heavy atom. The van der Waals surface area contributed by atoms with E-state index >= 15 is 0 Å². The van der Waals surface area contributed by atoms with Crippen molar-refractivity contribution in [1.29, 1.82) is 0 Å². The maximum atomic E-state index is 5.96. The van der Waals surface area contributed by atoms with Gasteiger partial charge in [0.1, 0.15) is 0 Å². The van der Waals surface area contributed by atoms with Crippen molar-refractivity contribution in [3.05, 3.63) is 33.8 Å². The molecule has 0 fully saturated rings. The number of rotatable bonds is 5. The van der Waals surface area contributed by atoms with Crippen LogP contribution >= 0.6 is 35.4 Å². The van der Waals surface area contributed by atoms with E-state index < -0.39 is 0 Å². The minimum Gasteiger partial charge on any atom is -0.393 e. The van der Waals surface area contributed by atoms with Crippen molar-refractivity contribution in [3.8, 4) is 0 Å². The molecule has 0 aliphatic heterocycles. The largest absolute Gasteiger partial charge is 0.393 e. The predicted molar refractivity (Wildman–Crippen MR) is 78.7 cm³/mol. The first-order valence-electron chi connectivity index (χ1n) is 5.32. The summed E-state index contributed by atoms with van der Waals surface area (Å²) in [5, 5.41) is 1.16. The Bertz CT molecular complexity index is 409. The lowest BCUT2D eigenvalue weighted by Gasteiger charge is -2.20. The first-order valence-corrected chi connectivity index (χ1v) is 6.48. The quantitative estimate of drug-likeness (QED) is 0.844. The molecule has 0 bridgehead atoms. The summed E-state index contributed by atoms with van der Waals surface area (Å²) in [4.78, 5) is 2.70. The molecule has 2 nitrogen and oxygen atoms in total. The molecule has 94 valence electrons. The summed E-state index contributed by atoms with van der Waals surface area (Å²) in [5.41, 5.74) is 6.71. The van der Waals surface area contributed by atoms with Crippen LogP contribution in [0.4, 0.5) is 0 Å². The average Bonchev–Trinajstić information content (AvgIpc) is 2.23. The first-order chi connectivity index (χ1) is 7.90. The highest BCUT2D eigenvalue weighted by molar-refractivity contribution is 7.80. The van der Waals surface area contributed by atoms with Crippen LogP contribution in [0.5, 0.6) is 0 Å². The van der Waals surface area contributed by atoms with Crippen molar-refractivity contribution in [3.63, 3.8) is 0 Å². The number of nitrogens with two attached hydrogens (primary N) is 1. The zero-order valence-corrected chi connectivity index (χ0v) is 12.2. The summed E-state index contributed by atoms with van der Waals surface area (Å²) in [6.45, 7) is 3.65. The van der Waals surface area contributed by atoms with Crippen LogP contribution in [0.15, 0.2) is 18.2 Å². The third kappa shape index (κ3) is 4.80. The van der Waals surface area contributed by atoms with E-state index in [-0.39, 0.29) is 5.92 Å². The van der Waals surface area contributed by atoms with E-state index in [0.29, 0.717) is 15.0 Å². The van der Waals surface area contributed by atoms with Crippen molar-refractivity contribution >= 4 is 40.4 Å². The molecule has 0 heterocycles. The zero-order chi connectivity index (χ0) is 13.0. The molecule has 0 aliphatic carbocycles. The van der Waals surface area contributed by atoms with E-state index in [4.69, 9.17) is 41.2 Å². The summed E-state index contributed by atoms with van der Waals surface area (Å²) in [6, 6.07) is 5.66. The molecule has 0 spiro atoms. The second-order valence-electron chi connectivity index (χ2n) is 4.25. The second-order valence-corrected chi connectivity index (χ2v) is 5.53. The Labute approximate surface area is 118 Å². The van der Waals surface area contributed by atoms with Gasteiger partial charge in [-0.15, -0.1) is 0 Å². The fourth-order valence-corrected chi connectivity index (χ4v) is 1.97. The Hall–Kier alpha value is -0.350. The summed E-state index contributed by atoms with van der Waals surface area (Å²) in [7, 11) is 2.03. The summed E-state index contributed by atoms with van der Waals surface area (Å²) in [5.74, 6) is 0.206. The maximum absolute atomic E-state index is 5.96. The van der Waals surface area contributed by atoms with E-state index in [1.165, 1.54) is 0 Å². The third-order valence-corrected chi connectivity index (χ3v) is 3.65. The third-order valence-electron chi connectivity index (χ3n) is 2.51. The SMILES string of the molecule is CC(CN(C)Cc1ccc(Cl)c(Cl)c1)C(N)=S. The van der Waals surface area contributed by atoms with Crippen molar-refractivity contribution in [2.45, 2.75) is 13.5 Å². The van der Waals surface area contributed by atoms with Gasteiger partial charge in [0, 0.05) is 19.0 Å². The normalized spacial score (nSPS) is 12.8. The minimum atomic E-state index is 0.206. The van der Waals surface area contributed by atoms with E-state index in [0.717, 1.165) is 18.7 Å². The zero-order valence-electron chi connectivity index (χ0n) is 9.91. The summed E-state index contributed by atoms with van der Waals surface area (Å²) in [6.07, 6.45) is 0. The smallest absolute Gasteiger partial charge is 0.0768 e. The molecule has 0 saturated carbocycles. The van der Waals surface area contributed by atoms with Gasteiger partial charge in [-0.05, 0) is 24.7 Å². The van der Waals surface area contributed by atoms with Crippen LogP contribution < -0.4 is 5.73 Å². The lowest BCUT2D eigenvalue weighted by Crippen LogP contribution is -2.31. The van der Waals surface area contributed by atoms with Crippen LogP contribution in [0.25, 0.3) is 0 Å². The molecular weight excluding hydrogens is 275 g/mol. The van der Waals surface area contributed by atoms with Gasteiger partial charge >= 0.3 is 0 Å².